The van der Waals surface area contributed by atoms with Gasteiger partial charge in [0.1, 0.15) is 17.6 Å². The van der Waals surface area contributed by atoms with Gasteiger partial charge in [0.2, 0.25) is 5.78 Å². The Labute approximate surface area is 185 Å². The molecule has 0 fully saturated rings. The first kappa shape index (κ1) is 23.6. The van der Waals surface area contributed by atoms with Crippen LogP contribution in [0.25, 0.3) is 11.3 Å². The van der Waals surface area contributed by atoms with Crippen molar-refractivity contribution in [2.24, 2.45) is 12.8 Å². The number of aryl methyl sites for hydroxylation is 1. The monoisotopic (exact) mass is 462 g/mol. The molecule has 3 N–H and O–H groups in total. The fraction of sp³-hybridized carbons (Fsp3) is 0.182. The molecule has 11 heteroatoms. The number of nitrogens with zero attached hydrogens (tertiary/aromatic N) is 2. The van der Waals surface area contributed by atoms with E-state index in [-0.39, 0.29) is 28.8 Å². The molecule has 1 aromatic heterocycles. The van der Waals surface area contributed by atoms with Crippen molar-refractivity contribution >= 4 is 17.6 Å². The Hall–Kier alpha value is -4.02. The second-order valence-electron chi connectivity index (χ2n) is 7.20. The molecule has 0 bridgehead atoms. The zero-order chi connectivity index (χ0) is 24.3. The van der Waals surface area contributed by atoms with Gasteiger partial charge in [0.05, 0.1) is 11.1 Å². The van der Waals surface area contributed by atoms with Gasteiger partial charge in [-0.1, -0.05) is 24.3 Å². The maximum Gasteiger partial charge on any atom is 0.416 e. The molecule has 0 spiro atoms. The molecule has 33 heavy (non-hydrogen) atoms. The normalized spacial score (nSPS) is 12.3. The van der Waals surface area contributed by atoms with Crippen molar-refractivity contribution in [3.8, 4) is 11.3 Å². The number of rotatable bonds is 7. The lowest BCUT2D eigenvalue weighted by Gasteiger charge is -2.17. The summed E-state index contributed by atoms with van der Waals surface area (Å²) in [5.41, 5.74) is 4.42. The van der Waals surface area contributed by atoms with Gasteiger partial charge in [0.25, 0.3) is 11.8 Å². The summed E-state index contributed by atoms with van der Waals surface area (Å²) in [4.78, 5) is 36.7. The fourth-order valence-corrected chi connectivity index (χ4v) is 3.19. The number of ketones is 1. The smallest absolute Gasteiger partial charge is 0.363 e. The van der Waals surface area contributed by atoms with Gasteiger partial charge in [-0.3, -0.25) is 19.1 Å². The lowest BCUT2D eigenvalue weighted by atomic mass is 10.00. The van der Waals surface area contributed by atoms with Crippen LogP contribution in [0.4, 0.5) is 17.6 Å². The van der Waals surface area contributed by atoms with Gasteiger partial charge < -0.3 is 11.1 Å². The molecule has 172 valence electrons. The van der Waals surface area contributed by atoms with Crippen molar-refractivity contribution in [1.82, 2.24) is 15.1 Å². The van der Waals surface area contributed by atoms with E-state index in [4.69, 9.17) is 5.73 Å². The third-order valence-corrected chi connectivity index (χ3v) is 4.79. The Balaban J connectivity index is 1.89. The number of aromatic nitrogens is 2. The summed E-state index contributed by atoms with van der Waals surface area (Å²) in [6.07, 6.45) is -3.53. The summed E-state index contributed by atoms with van der Waals surface area (Å²) in [6, 6.07) is 8.07. The first-order chi connectivity index (χ1) is 15.5. The van der Waals surface area contributed by atoms with Crippen LogP contribution in [-0.2, 0) is 29.2 Å². The largest absolute Gasteiger partial charge is 0.416 e. The minimum atomic E-state index is -4.54. The molecule has 3 aromatic rings. The molecule has 0 radical (unpaired) electrons. The molecular formula is C22H18F4N4O3. The van der Waals surface area contributed by atoms with E-state index < -0.39 is 41.2 Å². The SMILES string of the molecule is Cn1cc(C(=O)NC(Cc2ccc(C(F)(F)F)cc2)C(=O)C(N)=O)c(-c2ccccc2F)n1. The average Bonchev–Trinajstić information content (AvgIpc) is 3.14. The maximum absolute atomic E-state index is 14.3. The van der Waals surface area contributed by atoms with E-state index in [0.717, 1.165) is 24.3 Å². The molecule has 0 saturated carbocycles. The second-order valence-corrected chi connectivity index (χ2v) is 7.20. The maximum atomic E-state index is 14.3. The quantitative estimate of drug-likeness (QED) is 0.416. The Morgan fingerprint density at radius 3 is 2.30 bits per heavy atom. The standard InChI is InChI=1S/C22H18F4N4O3/c1-30-11-15(18(29-30)14-4-2-3-5-16(14)23)21(33)28-17(19(31)20(27)32)10-12-6-8-13(9-7-12)22(24,25)26/h2-9,11,17H,10H2,1H3,(H2,27,32)(H,28,33). The Bertz CT molecular complexity index is 1200. The number of amides is 2. The zero-order valence-corrected chi connectivity index (χ0v) is 17.2. The van der Waals surface area contributed by atoms with Crippen molar-refractivity contribution < 1.29 is 31.9 Å². The zero-order valence-electron chi connectivity index (χ0n) is 17.2. The van der Waals surface area contributed by atoms with Crippen LogP contribution in [0.15, 0.2) is 54.7 Å². The van der Waals surface area contributed by atoms with Crippen LogP contribution in [0.5, 0.6) is 0 Å². The number of halogens is 4. The lowest BCUT2D eigenvalue weighted by Crippen LogP contribution is -2.47. The Kier molecular flexibility index (Phi) is 6.61. The average molecular weight is 462 g/mol. The van der Waals surface area contributed by atoms with Gasteiger partial charge in [-0.15, -0.1) is 0 Å². The van der Waals surface area contributed by atoms with Crippen LogP contribution in [0.2, 0.25) is 0 Å². The first-order valence-corrected chi connectivity index (χ1v) is 9.56. The van der Waals surface area contributed by atoms with Gasteiger partial charge in [-0.2, -0.15) is 18.3 Å². The van der Waals surface area contributed by atoms with Crippen molar-refractivity contribution in [3.05, 3.63) is 77.2 Å². The highest BCUT2D eigenvalue weighted by molar-refractivity contribution is 6.38. The van der Waals surface area contributed by atoms with E-state index in [2.05, 4.69) is 10.4 Å². The summed E-state index contributed by atoms with van der Waals surface area (Å²) < 4.78 is 53.9. The third-order valence-electron chi connectivity index (χ3n) is 4.79. The number of primary amides is 1. The summed E-state index contributed by atoms with van der Waals surface area (Å²) in [6.45, 7) is 0. The highest BCUT2D eigenvalue weighted by Gasteiger charge is 2.31. The van der Waals surface area contributed by atoms with Crippen LogP contribution in [-0.4, -0.2) is 33.4 Å². The van der Waals surface area contributed by atoms with Crippen LogP contribution >= 0.6 is 0 Å². The number of carbonyl (C=O) groups excluding carboxylic acids is 3. The summed E-state index contributed by atoms with van der Waals surface area (Å²) in [5.74, 6) is -3.93. The highest BCUT2D eigenvalue weighted by atomic mass is 19.4. The van der Waals surface area contributed by atoms with Gasteiger partial charge >= 0.3 is 6.18 Å². The first-order valence-electron chi connectivity index (χ1n) is 9.56. The molecule has 2 amide bonds. The molecule has 0 saturated heterocycles. The number of benzene rings is 2. The van der Waals surface area contributed by atoms with Gasteiger partial charge in [0.15, 0.2) is 0 Å². The molecule has 0 aliphatic heterocycles. The molecule has 2 aromatic carbocycles. The molecule has 1 heterocycles. The van der Waals surface area contributed by atoms with Crippen molar-refractivity contribution in [2.45, 2.75) is 18.6 Å². The third kappa shape index (κ3) is 5.43. The van der Waals surface area contributed by atoms with Crippen molar-refractivity contribution in [2.75, 3.05) is 0 Å². The molecule has 0 aliphatic carbocycles. The van der Waals surface area contributed by atoms with E-state index >= 15 is 0 Å². The van der Waals surface area contributed by atoms with Gasteiger partial charge in [-0.05, 0) is 29.8 Å². The number of carbonyl (C=O) groups is 3. The Morgan fingerprint density at radius 2 is 1.73 bits per heavy atom. The number of Topliss-reactive ketones (excluding diaryl/α,β-unsaturated/α-hetero) is 1. The molecular weight excluding hydrogens is 444 g/mol. The van der Waals surface area contributed by atoms with Crippen LogP contribution in [0.3, 0.4) is 0 Å². The van der Waals surface area contributed by atoms with Gasteiger partial charge in [-0.25, -0.2) is 4.39 Å². The minimum Gasteiger partial charge on any atom is -0.363 e. The molecule has 3 rings (SSSR count). The predicted octanol–water partition coefficient (Wildman–Crippen LogP) is 2.64. The van der Waals surface area contributed by atoms with Crippen LogP contribution in [0.1, 0.15) is 21.5 Å². The van der Waals surface area contributed by atoms with E-state index in [9.17, 15) is 31.9 Å². The highest BCUT2D eigenvalue weighted by Crippen LogP contribution is 2.29. The van der Waals surface area contributed by atoms with Crippen LogP contribution < -0.4 is 11.1 Å². The van der Waals surface area contributed by atoms with Crippen molar-refractivity contribution in [1.29, 1.82) is 0 Å². The lowest BCUT2D eigenvalue weighted by molar-refractivity contribution is -0.137. The second kappa shape index (κ2) is 9.23. The van der Waals surface area contributed by atoms with E-state index in [0.29, 0.717) is 0 Å². The molecule has 1 atom stereocenters. The topological polar surface area (TPSA) is 107 Å². The summed E-state index contributed by atoms with van der Waals surface area (Å²) in [7, 11) is 1.51. The molecule has 1 unspecified atom stereocenters. The van der Waals surface area contributed by atoms with Gasteiger partial charge in [0, 0.05) is 25.2 Å². The number of nitrogens with one attached hydrogen (secondary N) is 1. The van der Waals surface area contributed by atoms with E-state index in [1.165, 1.54) is 36.1 Å². The molecule has 0 aliphatic rings. The van der Waals surface area contributed by atoms with E-state index in [1.54, 1.807) is 6.07 Å². The minimum absolute atomic E-state index is 0.00732. The number of hydrogen-bond donors (Lipinski definition) is 2. The molecule has 7 nitrogen and oxygen atoms in total. The fourth-order valence-electron chi connectivity index (χ4n) is 3.19. The van der Waals surface area contributed by atoms with Crippen molar-refractivity contribution in [3.63, 3.8) is 0 Å². The predicted molar refractivity (Wildman–Crippen MR) is 109 cm³/mol. The summed E-state index contributed by atoms with van der Waals surface area (Å²) >= 11 is 0. The summed E-state index contributed by atoms with van der Waals surface area (Å²) in [5, 5.41) is 6.46. The number of alkyl halides is 3. The number of hydrogen-bond acceptors (Lipinski definition) is 4. The van der Waals surface area contributed by atoms with Crippen LogP contribution in [0, 0.1) is 5.82 Å². The number of nitrogens with two attached hydrogens (primary N) is 1. The Morgan fingerprint density at radius 1 is 1.09 bits per heavy atom. The van der Waals surface area contributed by atoms with E-state index in [1.807, 2.05) is 0 Å².